The van der Waals surface area contributed by atoms with Crippen molar-refractivity contribution in [2.24, 2.45) is 0 Å². The summed E-state index contributed by atoms with van der Waals surface area (Å²) in [6, 6.07) is 0.695. The van der Waals surface area contributed by atoms with Gasteiger partial charge in [0, 0.05) is 18.8 Å². The number of ether oxygens (including phenoxy) is 1. The second kappa shape index (κ2) is 5.96. The molecule has 17 heavy (non-hydrogen) atoms. The molecule has 0 bridgehead atoms. The molecule has 94 valence electrons. The third-order valence-electron chi connectivity index (χ3n) is 2.83. The van der Waals surface area contributed by atoms with Gasteiger partial charge in [0.05, 0.1) is 18.0 Å². The zero-order chi connectivity index (χ0) is 12.1. The van der Waals surface area contributed by atoms with Gasteiger partial charge in [0.15, 0.2) is 0 Å². The van der Waals surface area contributed by atoms with Crippen LogP contribution in [0.5, 0.6) is 5.88 Å². The highest BCUT2D eigenvalue weighted by Crippen LogP contribution is 2.19. The van der Waals surface area contributed by atoms with E-state index in [2.05, 4.69) is 29.1 Å². The van der Waals surface area contributed by atoms with Gasteiger partial charge in [0.1, 0.15) is 0 Å². The molecule has 0 radical (unpaired) electrons. The fourth-order valence-corrected chi connectivity index (χ4v) is 1.74. The molecule has 0 spiro atoms. The van der Waals surface area contributed by atoms with E-state index >= 15 is 0 Å². The Morgan fingerprint density at radius 2 is 2.29 bits per heavy atom. The Hall–Kier alpha value is -1.16. The lowest BCUT2D eigenvalue weighted by atomic mass is 10.2. The molecule has 1 aromatic heterocycles. The van der Waals surface area contributed by atoms with Crippen molar-refractivity contribution in [2.45, 2.75) is 58.2 Å². The Balaban J connectivity index is 1.85. The molecule has 4 nitrogen and oxygen atoms in total. The Morgan fingerprint density at radius 1 is 1.47 bits per heavy atom. The second-order valence-corrected chi connectivity index (χ2v) is 4.72. The van der Waals surface area contributed by atoms with E-state index in [1.165, 1.54) is 12.8 Å². The zero-order valence-corrected chi connectivity index (χ0v) is 10.6. The van der Waals surface area contributed by atoms with Crippen LogP contribution < -0.4 is 10.1 Å². The number of hydrogen-bond acceptors (Lipinski definition) is 4. The van der Waals surface area contributed by atoms with Crippen LogP contribution in [0.15, 0.2) is 12.4 Å². The van der Waals surface area contributed by atoms with Crippen molar-refractivity contribution in [1.82, 2.24) is 15.3 Å². The first kappa shape index (κ1) is 12.3. The standard InChI is InChI=1S/C13H21N3O/c1-3-4-10(2)17-13-9-14-7-12(16-13)8-15-11-5-6-11/h7,9-11,15H,3-6,8H2,1-2H3. The first-order chi connectivity index (χ1) is 8.28. The topological polar surface area (TPSA) is 47.0 Å². The Labute approximate surface area is 103 Å². The molecule has 0 amide bonds. The van der Waals surface area contributed by atoms with Gasteiger partial charge in [-0.1, -0.05) is 13.3 Å². The number of aromatic nitrogens is 2. The molecule has 1 atom stereocenters. The zero-order valence-electron chi connectivity index (χ0n) is 10.6. The summed E-state index contributed by atoms with van der Waals surface area (Å²) in [6.45, 7) is 5.01. The molecule has 0 saturated heterocycles. The van der Waals surface area contributed by atoms with Gasteiger partial charge < -0.3 is 10.1 Å². The van der Waals surface area contributed by atoms with Crippen LogP contribution in [-0.4, -0.2) is 22.1 Å². The lowest BCUT2D eigenvalue weighted by molar-refractivity contribution is 0.200. The van der Waals surface area contributed by atoms with Gasteiger partial charge in [-0.3, -0.25) is 4.98 Å². The Kier molecular flexibility index (Phi) is 4.31. The van der Waals surface area contributed by atoms with Gasteiger partial charge in [-0.2, -0.15) is 0 Å². The van der Waals surface area contributed by atoms with Crippen molar-refractivity contribution in [3.8, 4) is 5.88 Å². The van der Waals surface area contributed by atoms with Gasteiger partial charge in [0.25, 0.3) is 0 Å². The maximum absolute atomic E-state index is 5.72. The average Bonchev–Trinajstić information content (AvgIpc) is 3.11. The molecule has 1 N–H and O–H groups in total. The van der Waals surface area contributed by atoms with Gasteiger partial charge in [-0.05, 0) is 26.2 Å². The minimum Gasteiger partial charge on any atom is -0.474 e. The third-order valence-corrected chi connectivity index (χ3v) is 2.83. The number of rotatable bonds is 7. The van der Waals surface area contributed by atoms with Crippen molar-refractivity contribution in [1.29, 1.82) is 0 Å². The minimum absolute atomic E-state index is 0.209. The predicted octanol–water partition coefficient (Wildman–Crippen LogP) is 2.30. The van der Waals surface area contributed by atoms with Crippen molar-refractivity contribution >= 4 is 0 Å². The summed E-state index contributed by atoms with van der Waals surface area (Å²) >= 11 is 0. The van der Waals surface area contributed by atoms with E-state index in [1.807, 2.05) is 0 Å². The van der Waals surface area contributed by atoms with E-state index < -0.39 is 0 Å². The van der Waals surface area contributed by atoms with Crippen LogP contribution in [-0.2, 0) is 6.54 Å². The molecule has 2 rings (SSSR count). The number of nitrogens with one attached hydrogen (secondary N) is 1. The maximum atomic E-state index is 5.72. The molecule has 1 aliphatic rings. The summed E-state index contributed by atoms with van der Waals surface area (Å²) in [5, 5.41) is 3.42. The molecule has 1 saturated carbocycles. The summed E-state index contributed by atoms with van der Waals surface area (Å²) in [7, 11) is 0. The van der Waals surface area contributed by atoms with E-state index in [0.717, 1.165) is 25.1 Å². The highest BCUT2D eigenvalue weighted by Gasteiger charge is 2.20. The van der Waals surface area contributed by atoms with Crippen LogP contribution in [0.1, 0.15) is 45.2 Å². The lowest BCUT2D eigenvalue weighted by Crippen LogP contribution is -2.17. The van der Waals surface area contributed by atoms with E-state index in [9.17, 15) is 0 Å². The summed E-state index contributed by atoms with van der Waals surface area (Å²) in [5.41, 5.74) is 0.957. The Bertz CT molecular complexity index is 352. The summed E-state index contributed by atoms with van der Waals surface area (Å²) in [4.78, 5) is 8.62. The molecule has 1 aliphatic carbocycles. The van der Waals surface area contributed by atoms with Crippen LogP contribution in [0.3, 0.4) is 0 Å². The quantitative estimate of drug-likeness (QED) is 0.787. The Morgan fingerprint density at radius 3 is 3.00 bits per heavy atom. The SMILES string of the molecule is CCCC(C)Oc1cncc(CNC2CC2)n1. The van der Waals surface area contributed by atoms with E-state index in [-0.39, 0.29) is 6.10 Å². The van der Waals surface area contributed by atoms with Crippen molar-refractivity contribution in [2.75, 3.05) is 0 Å². The number of nitrogens with zero attached hydrogens (tertiary/aromatic N) is 2. The molecular formula is C13H21N3O. The first-order valence-electron chi connectivity index (χ1n) is 6.49. The summed E-state index contributed by atoms with van der Waals surface area (Å²) < 4.78 is 5.72. The van der Waals surface area contributed by atoms with E-state index in [1.54, 1.807) is 12.4 Å². The maximum Gasteiger partial charge on any atom is 0.232 e. The van der Waals surface area contributed by atoms with Crippen LogP contribution >= 0.6 is 0 Å². The predicted molar refractivity (Wildman–Crippen MR) is 66.9 cm³/mol. The smallest absolute Gasteiger partial charge is 0.232 e. The van der Waals surface area contributed by atoms with E-state index in [4.69, 9.17) is 4.74 Å². The highest BCUT2D eigenvalue weighted by molar-refractivity contribution is 5.09. The monoisotopic (exact) mass is 235 g/mol. The molecule has 1 aromatic rings. The van der Waals surface area contributed by atoms with Crippen LogP contribution in [0.4, 0.5) is 0 Å². The fourth-order valence-electron chi connectivity index (χ4n) is 1.74. The normalized spacial score (nSPS) is 16.8. The summed E-state index contributed by atoms with van der Waals surface area (Å²) in [6.07, 6.45) is 8.44. The van der Waals surface area contributed by atoms with Gasteiger partial charge in [-0.15, -0.1) is 0 Å². The molecule has 1 heterocycles. The molecule has 0 aromatic carbocycles. The van der Waals surface area contributed by atoms with Gasteiger partial charge in [-0.25, -0.2) is 4.98 Å². The van der Waals surface area contributed by atoms with Crippen molar-refractivity contribution in [3.63, 3.8) is 0 Å². The van der Waals surface area contributed by atoms with Gasteiger partial charge >= 0.3 is 0 Å². The van der Waals surface area contributed by atoms with Crippen LogP contribution in [0.25, 0.3) is 0 Å². The average molecular weight is 235 g/mol. The molecule has 1 unspecified atom stereocenters. The number of hydrogen-bond donors (Lipinski definition) is 1. The largest absolute Gasteiger partial charge is 0.474 e. The lowest BCUT2D eigenvalue weighted by Gasteiger charge is -2.13. The van der Waals surface area contributed by atoms with Crippen LogP contribution in [0, 0.1) is 0 Å². The molecule has 0 aliphatic heterocycles. The fraction of sp³-hybridized carbons (Fsp3) is 0.692. The first-order valence-corrected chi connectivity index (χ1v) is 6.49. The van der Waals surface area contributed by atoms with E-state index in [0.29, 0.717) is 11.9 Å². The van der Waals surface area contributed by atoms with Gasteiger partial charge in [0.2, 0.25) is 5.88 Å². The minimum atomic E-state index is 0.209. The third kappa shape index (κ3) is 4.30. The summed E-state index contributed by atoms with van der Waals surface area (Å²) in [5.74, 6) is 0.640. The highest BCUT2D eigenvalue weighted by atomic mass is 16.5. The molecule has 1 fully saturated rings. The molecular weight excluding hydrogens is 214 g/mol. The van der Waals surface area contributed by atoms with Crippen molar-refractivity contribution in [3.05, 3.63) is 18.1 Å². The molecule has 4 heteroatoms. The second-order valence-electron chi connectivity index (χ2n) is 4.72. The van der Waals surface area contributed by atoms with Crippen molar-refractivity contribution < 1.29 is 4.74 Å². The van der Waals surface area contributed by atoms with Crippen LogP contribution in [0.2, 0.25) is 0 Å².